The molecule has 0 aromatic heterocycles. The average molecular weight is 521 g/mol. The van der Waals surface area contributed by atoms with Crippen LogP contribution in [0.4, 0.5) is 0 Å². The zero-order chi connectivity index (χ0) is 29.2. The van der Waals surface area contributed by atoms with Crippen molar-refractivity contribution in [3.8, 4) is 0 Å². The fourth-order valence-corrected chi connectivity index (χ4v) is 1.68. The third-order valence-electron chi connectivity index (χ3n) is 5.75. The van der Waals surface area contributed by atoms with Crippen LogP contribution in [0.15, 0.2) is 0 Å². The van der Waals surface area contributed by atoms with Crippen molar-refractivity contribution in [2.75, 3.05) is 40.6 Å². The van der Waals surface area contributed by atoms with E-state index >= 15 is 0 Å². The van der Waals surface area contributed by atoms with Crippen molar-refractivity contribution in [2.24, 2.45) is 16.2 Å². The van der Waals surface area contributed by atoms with Gasteiger partial charge in [0.25, 0.3) is 0 Å². The van der Waals surface area contributed by atoms with Gasteiger partial charge in [-0.05, 0) is 81.6 Å². The normalized spacial score (nSPS) is 11.8. The molecular formula is C28H56O8. The highest BCUT2D eigenvalue weighted by Crippen LogP contribution is 2.24. The molecule has 0 aromatic rings. The summed E-state index contributed by atoms with van der Waals surface area (Å²) in [6.45, 7) is 24.5. The number of esters is 3. The highest BCUT2D eigenvalue weighted by atomic mass is 16.6. The summed E-state index contributed by atoms with van der Waals surface area (Å²) in [4.78, 5) is 34.1. The van der Waals surface area contributed by atoms with Gasteiger partial charge >= 0.3 is 17.9 Å². The van der Waals surface area contributed by atoms with E-state index in [-0.39, 0.29) is 39.8 Å². The topological polar surface area (TPSA) is 97.4 Å². The minimum atomic E-state index is -0.372. The number of hydrogen-bond acceptors (Lipinski definition) is 8. The van der Waals surface area contributed by atoms with Crippen LogP contribution in [0.5, 0.6) is 0 Å². The minimum Gasteiger partial charge on any atom is -0.463 e. The van der Waals surface area contributed by atoms with Gasteiger partial charge in [0, 0.05) is 14.2 Å². The van der Waals surface area contributed by atoms with E-state index in [1.54, 1.807) is 14.2 Å². The average Bonchev–Trinajstić information content (AvgIpc) is 2.78. The lowest BCUT2D eigenvalue weighted by molar-refractivity contribution is -0.165. The van der Waals surface area contributed by atoms with Gasteiger partial charge in [0.05, 0.1) is 29.5 Å². The molecule has 0 fully saturated rings. The Labute approximate surface area is 221 Å². The molecule has 0 heterocycles. The highest BCUT2D eigenvalue weighted by molar-refractivity contribution is 5.76. The third kappa shape index (κ3) is 19.5. The van der Waals surface area contributed by atoms with Crippen molar-refractivity contribution in [1.82, 2.24) is 0 Å². The lowest BCUT2D eigenvalue weighted by Gasteiger charge is -2.27. The molecule has 0 radical (unpaired) electrons. The molecule has 0 spiro atoms. The molecule has 8 nitrogen and oxygen atoms in total. The van der Waals surface area contributed by atoms with Crippen LogP contribution in [0.2, 0.25) is 0 Å². The monoisotopic (exact) mass is 520 g/mol. The van der Waals surface area contributed by atoms with Crippen molar-refractivity contribution in [1.29, 1.82) is 0 Å². The summed E-state index contributed by atoms with van der Waals surface area (Å²) < 4.78 is 24.7. The van der Waals surface area contributed by atoms with Crippen molar-refractivity contribution in [3.63, 3.8) is 0 Å². The fraction of sp³-hybridized carbons (Fsp3) is 0.893. The molecule has 0 rings (SSSR count). The van der Waals surface area contributed by atoms with Crippen LogP contribution in [-0.4, -0.2) is 64.2 Å². The van der Waals surface area contributed by atoms with Gasteiger partial charge in [-0.15, -0.1) is 0 Å². The summed E-state index contributed by atoms with van der Waals surface area (Å²) in [5, 5.41) is 0. The first-order valence-corrected chi connectivity index (χ1v) is 12.8. The second-order valence-electron chi connectivity index (χ2n) is 11.5. The first kappa shape index (κ1) is 38.9. The molecule has 0 aromatic carbocycles. The molecule has 0 amide bonds. The van der Waals surface area contributed by atoms with Crippen LogP contribution in [0, 0.1) is 16.2 Å². The maximum atomic E-state index is 11.5. The molecule has 0 aliphatic heterocycles. The standard InChI is InChI=1S/C10H20O2.2C9H18O3/c1-7-10(5,6)8(11)12-9(2,3)4;2*1-5-9(2,3)8(10)12-7-6-11-4/h7H2,1-6H3;2*5-7H2,1-4H3. The van der Waals surface area contributed by atoms with Crippen LogP contribution in [0.1, 0.15) is 102 Å². The van der Waals surface area contributed by atoms with Crippen molar-refractivity contribution >= 4 is 17.9 Å². The largest absolute Gasteiger partial charge is 0.463 e. The van der Waals surface area contributed by atoms with Crippen molar-refractivity contribution < 1.29 is 38.1 Å². The van der Waals surface area contributed by atoms with E-state index in [9.17, 15) is 14.4 Å². The van der Waals surface area contributed by atoms with E-state index in [1.807, 2.05) is 83.1 Å². The zero-order valence-electron chi connectivity index (χ0n) is 25.7. The van der Waals surface area contributed by atoms with E-state index < -0.39 is 0 Å². The highest BCUT2D eigenvalue weighted by Gasteiger charge is 2.30. The summed E-state index contributed by atoms with van der Waals surface area (Å²) in [6, 6.07) is 0. The molecular weight excluding hydrogens is 464 g/mol. The maximum absolute atomic E-state index is 11.5. The van der Waals surface area contributed by atoms with E-state index in [2.05, 4.69) is 0 Å². The van der Waals surface area contributed by atoms with E-state index in [0.717, 1.165) is 19.3 Å². The van der Waals surface area contributed by atoms with Gasteiger partial charge in [0.15, 0.2) is 0 Å². The van der Waals surface area contributed by atoms with Crippen molar-refractivity contribution in [3.05, 3.63) is 0 Å². The molecule has 0 atom stereocenters. The molecule has 36 heavy (non-hydrogen) atoms. The molecule has 0 N–H and O–H groups in total. The second-order valence-corrected chi connectivity index (χ2v) is 11.5. The Balaban J connectivity index is -0.000000454. The fourth-order valence-electron chi connectivity index (χ4n) is 1.68. The maximum Gasteiger partial charge on any atom is 0.312 e. The molecule has 0 aliphatic carbocycles. The minimum absolute atomic E-state index is 0.113. The Morgan fingerprint density at radius 2 is 0.778 bits per heavy atom. The summed E-state index contributed by atoms with van der Waals surface area (Å²) in [7, 11) is 3.16. The van der Waals surface area contributed by atoms with E-state index in [1.165, 1.54) is 0 Å². The van der Waals surface area contributed by atoms with Crippen LogP contribution in [0.25, 0.3) is 0 Å². The first-order valence-electron chi connectivity index (χ1n) is 12.8. The summed E-state index contributed by atoms with van der Waals surface area (Å²) in [5.74, 6) is -0.415. The van der Waals surface area contributed by atoms with Gasteiger partial charge in [-0.2, -0.15) is 0 Å². The zero-order valence-corrected chi connectivity index (χ0v) is 25.7. The quantitative estimate of drug-likeness (QED) is 0.176. The van der Waals surface area contributed by atoms with Gasteiger partial charge in [-0.1, -0.05) is 20.8 Å². The molecule has 0 aliphatic rings. The van der Waals surface area contributed by atoms with Gasteiger partial charge in [-0.25, -0.2) is 0 Å². The van der Waals surface area contributed by atoms with Gasteiger partial charge in [0.1, 0.15) is 18.8 Å². The smallest absolute Gasteiger partial charge is 0.312 e. The molecule has 0 saturated heterocycles. The van der Waals surface area contributed by atoms with Crippen LogP contribution >= 0.6 is 0 Å². The van der Waals surface area contributed by atoms with Gasteiger partial charge < -0.3 is 23.7 Å². The number of hydrogen-bond donors (Lipinski definition) is 0. The lowest BCUT2D eigenvalue weighted by Crippen LogP contribution is -2.33. The summed E-state index contributed by atoms with van der Waals surface area (Å²) in [6.07, 6.45) is 2.39. The predicted molar refractivity (Wildman–Crippen MR) is 144 cm³/mol. The number of carbonyl (C=O) groups excluding carboxylic acids is 3. The Kier molecular flexibility index (Phi) is 20.0. The molecule has 0 bridgehead atoms. The number of ether oxygens (including phenoxy) is 5. The molecule has 216 valence electrons. The summed E-state index contributed by atoms with van der Waals surface area (Å²) in [5.41, 5.74) is -1.46. The van der Waals surface area contributed by atoms with E-state index in [4.69, 9.17) is 23.7 Å². The number of carbonyl (C=O) groups is 3. The van der Waals surface area contributed by atoms with Crippen LogP contribution < -0.4 is 0 Å². The van der Waals surface area contributed by atoms with Crippen molar-refractivity contribution in [2.45, 2.75) is 108 Å². The third-order valence-corrected chi connectivity index (χ3v) is 5.75. The van der Waals surface area contributed by atoms with Crippen LogP contribution in [0.3, 0.4) is 0 Å². The lowest BCUT2D eigenvalue weighted by atomic mass is 9.90. The summed E-state index contributed by atoms with van der Waals surface area (Å²) >= 11 is 0. The van der Waals surface area contributed by atoms with Crippen LogP contribution in [-0.2, 0) is 38.1 Å². The predicted octanol–water partition coefficient (Wildman–Crippen LogP) is 5.99. The molecule has 8 heteroatoms. The second kappa shape index (κ2) is 18.6. The Morgan fingerprint density at radius 3 is 1.00 bits per heavy atom. The Bertz CT molecular complexity index is 582. The SMILES string of the molecule is CCC(C)(C)C(=O)OC(C)(C)C.CCC(C)(C)C(=O)OCCOC.CCC(C)(C)C(=O)OCCOC. The first-order chi connectivity index (χ1) is 16.3. The molecule has 0 unspecified atom stereocenters. The Hall–Kier alpha value is -1.67. The van der Waals surface area contributed by atoms with Gasteiger partial charge in [0.2, 0.25) is 0 Å². The Morgan fingerprint density at radius 1 is 0.500 bits per heavy atom. The molecule has 0 saturated carbocycles. The number of rotatable bonds is 12. The van der Waals surface area contributed by atoms with Gasteiger partial charge in [-0.3, -0.25) is 14.4 Å². The van der Waals surface area contributed by atoms with E-state index in [0.29, 0.717) is 26.4 Å². The number of methoxy groups -OCH3 is 2.